The van der Waals surface area contributed by atoms with Crippen molar-refractivity contribution in [1.82, 2.24) is 0 Å². The first-order chi connectivity index (χ1) is 6.79. The molecule has 0 aliphatic heterocycles. The Balaban J connectivity index is 0.000000140. The van der Waals surface area contributed by atoms with Crippen molar-refractivity contribution in [3.8, 4) is 11.5 Å². The van der Waals surface area contributed by atoms with Crippen LogP contribution < -0.4 is 10.2 Å². The van der Waals surface area contributed by atoms with Crippen molar-refractivity contribution in [3.63, 3.8) is 0 Å². The highest BCUT2D eigenvalue weighted by molar-refractivity contribution is 5.17. The molecule has 2 rings (SSSR count). The van der Waals surface area contributed by atoms with Crippen LogP contribution in [-0.4, -0.2) is 0 Å². The topological polar surface area (TPSA) is 46.1 Å². The lowest BCUT2D eigenvalue weighted by atomic mass is 10.3. The molecule has 0 atom stereocenters. The van der Waals surface area contributed by atoms with Crippen molar-refractivity contribution in [3.05, 3.63) is 60.7 Å². The first-order valence-electron chi connectivity index (χ1n) is 4.23. The van der Waals surface area contributed by atoms with Crippen LogP contribution in [0.5, 0.6) is 11.5 Å². The van der Waals surface area contributed by atoms with Crippen LogP contribution >= 0.6 is 0 Å². The Morgan fingerprint density at radius 2 is 0.786 bits per heavy atom. The van der Waals surface area contributed by atoms with Gasteiger partial charge in [0.2, 0.25) is 0 Å². The van der Waals surface area contributed by atoms with Gasteiger partial charge in [0.25, 0.3) is 0 Å². The SMILES string of the molecule is [O-]c1ccccc1.[O-]c1ccccc1. The molecule has 0 aliphatic rings. The molecule has 0 saturated heterocycles. The maximum absolute atomic E-state index is 10.3. The van der Waals surface area contributed by atoms with Crippen molar-refractivity contribution in [2.24, 2.45) is 0 Å². The second kappa shape index (κ2) is 5.65. The molecule has 0 saturated carbocycles. The molecule has 0 aliphatic carbocycles. The lowest BCUT2D eigenvalue weighted by molar-refractivity contribution is -0.269. The molecule has 0 fully saturated rings. The van der Waals surface area contributed by atoms with E-state index in [2.05, 4.69) is 0 Å². The highest BCUT2D eigenvalue weighted by Crippen LogP contribution is 1.98. The Bertz CT molecular complexity index is 306. The molecule has 0 amide bonds. The van der Waals surface area contributed by atoms with Crippen molar-refractivity contribution >= 4 is 0 Å². The fraction of sp³-hybridized carbons (Fsp3) is 0. The van der Waals surface area contributed by atoms with Crippen LogP contribution in [0.15, 0.2) is 60.7 Å². The molecular formula is C12H10O2-2. The van der Waals surface area contributed by atoms with E-state index in [9.17, 15) is 10.2 Å². The molecule has 0 aromatic heterocycles. The highest BCUT2D eigenvalue weighted by Gasteiger charge is 1.65. The van der Waals surface area contributed by atoms with Crippen LogP contribution in [0.25, 0.3) is 0 Å². The fourth-order valence-corrected chi connectivity index (χ4v) is 0.841. The molecule has 0 N–H and O–H groups in total. The summed E-state index contributed by atoms with van der Waals surface area (Å²) < 4.78 is 0. The standard InChI is InChI=1S/2C6H6O/c2*7-6-4-2-1-3-5-6/h2*1-5,7H/p-2. The van der Waals surface area contributed by atoms with Gasteiger partial charge in [-0.3, -0.25) is 0 Å². The monoisotopic (exact) mass is 186 g/mol. The van der Waals surface area contributed by atoms with E-state index in [1.807, 2.05) is 12.1 Å². The molecule has 0 heterocycles. The summed E-state index contributed by atoms with van der Waals surface area (Å²) in [6, 6.07) is 16.7. The average molecular weight is 186 g/mol. The van der Waals surface area contributed by atoms with Crippen molar-refractivity contribution < 1.29 is 10.2 Å². The number of para-hydroxylation sites is 2. The third-order valence-corrected chi connectivity index (χ3v) is 1.49. The Hall–Kier alpha value is -1.96. The first kappa shape index (κ1) is 10.1. The van der Waals surface area contributed by atoms with Gasteiger partial charge in [0.05, 0.1) is 0 Å². The molecule has 2 aromatic carbocycles. The minimum atomic E-state index is 0.0718. The van der Waals surface area contributed by atoms with E-state index >= 15 is 0 Å². The molecule has 0 radical (unpaired) electrons. The van der Waals surface area contributed by atoms with E-state index in [0.717, 1.165) is 0 Å². The summed E-state index contributed by atoms with van der Waals surface area (Å²) in [5.41, 5.74) is 0. The molecule has 2 aromatic rings. The van der Waals surface area contributed by atoms with Gasteiger partial charge in [-0.15, -0.1) is 11.5 Å². The maximum Gasteiger partial charge on any atom is -0.0623 e. The number of benzene rings is 2. The minimum Gasteiger partial charge on any atom is -0.872 e. The van der Waals surface area contributed by atoms with Crippen LogP contribution in [0, 0.1) is 0 Å². The maximum atomic E-state index is 10.3. The predicted molar refractivity (Wildman–Crippen MR) is 51.8 cm³/mol. The molecule has 14 heavy (non-hydrogen) atoms. The Morgan fingerprint density at radius 3 is 0.929 bits per heavy atom. The Labute approximate surface area is 83.1 Å². The van der Waals surface area contributed by atoms with Crippen LogP contribution in [-0.2, 0) is 0 Å². The first-order valence-corrected chi connectivity index (χ1v) is 4.23. The zero-order valence-electron chi connectivity index (χ0n) is 7.59. The molecule has 2 nitrogen and oxygen atoms in total. The molecule has 0 bridgehead atoms. The van der Waals surface area contributed by atoms with Crippen molar-refractivity contribution in [2.75, 3.05) is 0 Å². The third kappa shape index (κ3) is 4.16. The molecule has 72 valence electrons. The van der Waals surface area contributed by atoms with Gasteiger partial charge in [-0.2, -0.15) is 0 Å². The summed E-state index contributed by atoms with van der Waals surface area (Å²) in [5, 5.41) is 20.5. The summed E-state index contributed by atoms with van der Waals surface area (Å²) in [6.45, 7) is 0. The smallest absolute Gasteiger partial charge is 0.0623 e. The fourth-order valence-electron chi connectivity index (χ4n) is 0.841. The van der Waals surface area contributed by atoms with Crippen molar-refractivity contribution in [1.29, 1.82) is 0 Å². The lowest BCUT2D eigenvalue weighted by Crippen LogP contribution is -1.85. The van der Waals surface area contributed by atoms with Crippen LogP contribution in [0.1, 0.15) is 0 Å². The Morgan fingerprint density at radius 1 is 0.500 bits per heavy atom. The third-order valence-electron chi connectivity index (χ3n) is 1.49. The molecule has 2 heteroatoms. The zero-order valence-corrected chi connectivity index (χ0v) is 7.59. The van der Waals surface area contributed by atoms with Gasteiger partial charge in [-0.05, 0) is 0 Å². The van der Waals surface area contributed by atoms with Gasteiger partial charge in [0.1, 0.15) is 0 Å². The number of hydrogen-bond donors (Lipinski definition) is 0. The summed E-state index contributed by atoms with van der Waals surface area (Å²) in [6.07, 6.45) is 0. The van der Waals surface area contributed by atoms with Gasteiger partial charge in [0, 0.05) is 0 Å². The van der Waals surface area contributed by atoms with Crippen LogP contribution in [0.4, 0.5) is 0 Å². The molecular weight excluding hydrogens is 176 g/mol. The van der Waals surface area contributed by atoms with Crippen LogP contribution in [0.2, 0.25) is 0 Å². The second-order valence-corrected chi connectivity index (χ2v) is 2.63. The highest BCUT2D eigenvalue weighted by atomic mass is 16.3. The largest absolute Gasteiger partial charge is 0.872 e. The Kier molecular flexibility index (Phi) is 4.08. The second-order valence-electron chi connectivity index (χ2n) is 2.63. The van der Waals surface area contributed by atoms with Gasteiger partial charge >= 0.3 is 0 Å². The average Bonchev–Trinajstić information content (AvgIpc) is 2.21. The number of rotatable bonds is 0. The quantitative estimate of drug-likeness (QED) is 0.626. The number of hydrogen-bond acceptors (Lipinski definition) is 2. The summed E-state index contributed by atoms with van der Waals surface area (Å²) >= 11 is 0. The summed E-state index contributed by atoms with van der Waals surface area (Å²) in [5.74, 6) is 0.144. The normalized spacial score (nSPS) is 8.57. The lowest BCUT2D eigenvalue weighted by Gasteiger charge is -1.98. The van der Waals surface area contributed by atoms with Gasteiger partial charge in [-0.1, -0.05) is 60.7 Å². The van der Waals surface area contributed by atoms with E-state index in [1.54, 1.807) is 24.3 Å². The molecule has 0 spiro atoms. The van der Waals surface area contributed by atoms with E-state index in [0.29, 0.717) is 0 Å². The van der Waals surface area contributed by atoms with Crippen molar-refractivity contribution in [2.45, 2.75) is 0 Å². The van der Waals surface area contributed by atoms with Gasteiger partial charge in [-0.25, -0.2) is 0 Å². The van der Waals surface area contributed by atoms with Crippen LogP contribution in [0.3, 0.4) is 0 Å². The van der Waals surface area contributed by atoms with Gasteiger partial charge in [0.15, 0.2) is 0 Å². The minimum absolute atomic E-state index is 0.0718. The molecule has 0 unspecified atom stereocenters. The zero-order chi connectivity index (χ0) is 10.2. The predicted octanol–water partition coefficient (Wildman–Crippen LogP) is 1.52. The summed E-state index contributed by atoms with van der Waals surface area (Å²) in [7, 11) is 0. The van der Waals surface area contributed by atoms with E-state index in [-0.39, 0.29) is 11.5 Å². The summed E-state index contributed by atoms with van der Waals surface area (Å²) in [4.78, 5) is 0. The van der Waals surface area contributed by atoms with E-state index in [4.69, 9.17) is 0 Å². The van der Waals surface area contributed by atoms with E-state index in [1.165, 1.54) is 24.3 Å². The van der Waals surface area contributed by atoms with E-state index < -0.39 is 0 Å². The van der Waals surface area contributed by atoms with Gasteiger partial charge < -0.3 is 10.2 Å².